The number of carbonyl (C=O) groups is 2. The average molecular weight is 431 g/mol. The molecular weight excluding hydrogens is 411 g/mol. The molecule has 0 aliphatic heterocycles. The largest absolute Gasteiger partial charge is 0.418 e. The van der Waals surface area contributed by atoms with Gasteiger partial charge in [0.2, 0.25) is 5.91 Å². The number of alkyl halides is 3. The monoisotopic (exact) mass is 431 g/mol. The topological polar surface area (TPSA) is 88.9 Å². The van der Waals surface area contributed by atoms with E-state index in [1.54, 1.807) is 6.92 Å². The van der Waals surface area contributed by atoms with Crippen LogP contribution in [-0.4, -0.2) is 26.8 Å². The second kappa shape index (κ2) is 8.58. The summed E-state index contributed by atoms with van der Waals surface area (Å²) in [4.78, 5) is 24.9. The first-order valence-electron chi connectivity index (χ1n) is 9.31. The van der Waals surface area contributed by atoms with E-state index in [9.17, 15) is 22.8 Å². The van der Waals surface area contributed by atoms with Gasteiger partial charge in [-0.3, -0.25) is 9.59 Å². The first-order chi connectivity index (χ1) is 14.6. The molecule has 7 nitrogen and oxygen atoms in total. The number of hydrogen-bond acceptors (Lipinski definition) is 4. The minimum absolute atomic E-state index is 0.0196. The van der Waals surface area contributed by atoms with E-state index in [0.29, 0.717) is 11.4 Å². The van der Waals surface area contributed by atoms with Gasteiger partial charge in [-0.05, 0) is 44.0 Å². The summed E-state index contributed by atoms with van der Waals surface area (Å²) in [7, 11) is 0. The van der Waals surface area contributed by atoms with Gasteiger partial charge in [0.15, 0.2) is 5.69 Å². The third-order valence-corrected chi connectivity index (χ3v) is 4.72. The molecule has 2 N–H and O–H groups in total. The Hall–Kier alpha value is -3.69. The number of carbonyl (C=O) groups excluding carboxylic acids is 2. The van der Waals surface area contributed by atoms with E-state index in [0.717, 1.165) is 21.9 Å². The Kier molecular flexibility index (Phi) is 6.09. The Morgan fingerprint density at radius 3 is 2.26 bits per heavy atom. The molecule has 0 saturated heterocycles. The van der Waals surface area contributed by atoms with Crippen molar-refractivity contribution in [3.05, 3.63) is 70.5 Å². The molecule has 2 aromatic carbocycles. The predicted octanol–water partition coefficient (Wildman–Crippen LogP) is 4.11. The van der Waals surface area contributed by atoms with Crippen LogP contribution in [0.3, 0.4) is 0 Å². The highest BCUT2D eigenvalue weighted by molar-refractivity contribution is 6.04. The number of para-hydroxylation sites is 2. The van der Waals surface area contributed by atoms with Crippen LogP contribution in [0.25, 0.3) is 0 Å². The van der Waals surface area contributed by atoms with Gasteiger partial charge in [-0.25, -0.2) is 4.68 Å². The molecule has 2 amide bonds. The molecule has 0 bridgehead atoms. The highest BCUT2D eigenvalue weighted by Crippen LogP contribution is 2.34. The van der Waals surface area contributed by atoms with Crippen molar-refractivity contribution in [2.75, 3.05) is 10.6 Å². The molecule has 3 aromatic rings. The summed E-state index contributed by atoms with van der Waals surface area (Å²) in [5, 5.41) is 12.7. The molecule has 0 atom stereocenters. The third-order valence-electron chi connectivity index (χ3n) is 4.72. The van der Waals surface area contributed by atoms with E-state index in [-0.39, 0.29) is 11.4 Å². The van der Waals surface area contributed by atoms with Gasteiger partial charge in [-0.15, -0.1) is 5.10 Å². The Morgan fingerprint density at radius 2 is 1.61 bits per heavy atom. The maximum Gasteiger partial charge on any atom is 0.418 e. The predicted molar refractivity (Wildman–Crippen MR) is 109 cm³/mol. The van der Waals surface area contributed by atoms with Crippen LogP contribution < -0.4 is 10.6 Å². The smallest absolute Gasteiger partial charge is 0.324 e. The van der Waals surface area contributed by atoms with E-state index in [1.165, 1.54) is 18.2 Å². The van der Waals surface area contributed by atoms with Crippen LogP contribution >= 0.6 is 0 Å². The molecule has 0 fully saturated rings. The molecule has 0 unspecified atom stereocenters. The number of amides is 2. The molecule has 0 aliphatic rings. The lowest BCUT2D eigenvalue weighted by atomic mass is 10.1. The van der Waals surface area contributed by atoms with Gasteiger partial charge in [-0.1, -0.05) is 35.5 Å². The number of aromatic nitrogens is 3. The molecule has 0 saturated carbocycles. The van der Waals surface area contributed by atoms with Crippen molar-refractivity contribution in [1.82, 2.24) is 15.0 Å². The lowest BCUT2D eigenvalue weighted by molar-refractivity contribution is -0.137. The summed E-state index contributed by atoms with van der Waals surface area (Å²) < 4.78 is 40.4. The number of anilines is 2. The number of nitrogens with zero attached hydrogens (tertiary/aromatic N) is 3. The molecule has 3 rings (SSSR count). The van der Waals surface area contributed by atoms with E-state index in [2.05, 4.69) is 20.9 Å². The van der Waals surface area contributed by atoms with Crippen LogP contribution in [0.5, 0.6) is 0 Å². The maximum absolute atomic E-state index is 13.1. The number of aryl methyl sites for hydroxylation is 2. The van der Waals surface area contributed by atoms with Crippen LogP contribution in [-0.2, 0) is 17.5 Å². The number of benzene rings is 2. The van der Waals surface area contributed by atoms with E-state index >= 15 is 0 Å². The van der Waals surface area contributed by atoms with Crippen LogP contribution in [0.4, 0.5) is 24.5 Å². The fraction of sp³-hybridized carbons (Fsp3) is 0.238. The molecule has 162 valence electrons. The Balaban J connectivity index is 1.74. The lowest BCUT2D eigenvalue weighted by Crippen LogP contribution is -2.22. The van der Waals surface area contributed by atoms with Gasteiger partial charge in [0, 0.05) is 5.69 Å². The second-order valence-electron chi connectivity index (χ2n) is 6.99. The van der Waals surface area contributed by atoms with E-state index < -0.39 is 30.1 Å². The SMILES string of the molecule is Cc1cccc(C)c1NC(=O)c1nnn(CC(=O)Nc2ccccc2C(F)(F)F)c1C. The zero-order valence-corrected chi connectivity index (χ0v) is 17.0. The van der Waals surface area contributed by atoms with E-state index in [1.807, 2.05) is 32.0 Å². The minimum atomic E-state index is -4.61. The maximum atomic E-state index is 13.1. The fourth-order valence-electron chi connectivity index (χ4n) is 3.07. The average Bonchev–Trinajstić information content (AvgIpc) is 3.04. The van der Waals surface area contributed by atoms with Gasteiger partial charge in [0.1, 0.15) is 6.54 Å². The van der Waals surface area contributed by atoms with Gasteiger partial charge < -0.3 is 10.6 Å². The first-order valence-corrected chi connectivity index (χ1v) is 9.31. The van der Waals surface area contributed by atoms with Crippen LogP contribution in [0, 0.1) is 20.8 Å². The number of hydrogen-bond donors (Lipinski definition) is 2. The molecule has 10 heteroatoms. The van der Waals surface area contributed by atoms with E-state index in [4.69, 9.17) is 0 Å². The van der Waals surface area contributed by atoms with Gasteiger partial charge in [0.05, 0.1) is 16.9 Å². The van der Waals surface area contributed by atoms with Crippen molar-refractivity contribution < 1.29 is 22.8 Å². The standard InChI is InChI=1S/C21H20F3N5O2/c1-12-7-6-8-13(2)18(12)26-20(31)19-14(3)29(28-27-19)11-17(30)25-16-10-5-4-9-15(16)21(22,23)24/h4-10H,11H2,1-3H3,(H,25,30)(H,26,31). The van der Waals surface area contributed by atoms with Crippen molar-refractivity contribution in [2.24, 2.45) is 0 Å². The summed E-state index contributed by atoms with van der Waals surface area (Å²) in [5.41, 5.74) is 1.43. The summed E-state index contributed by atoms with van der Waals surface area (Å²) in [5.74, 6) is -1.23. The molecule has 31 heavy (non-hydrogen) atoms. The highest BCUT2D eigenvalue weighted by Gasteiger charge is 2.33. The number of halogens is 3. The molecule has 0 aliphatic carbocycles. The molecule has 1 aromatic heterocycles. The minimum Gasteiger partial charge on any atom is -0.324 e. The van der Waals surface area contributed by atoms with Crippen molar-refractivity contribution in [1.29, 1.82) is 0 Å². The quantitative estimate of drug-likeness (QED) is 0.636. The Labute approximate surface area is 176 Å². The normalized spacial score (nSPS) is 11.3. The number of rotatable bonds is 5. The Bertz CT molecular complexity index is 1120. The van der Waals surface area contributed by atoms with Gasteiger partial charge in [0.25, 0.3) is 5.91 Å². The first kappa shape index (κ1) is 22.0. The molecular formula is C21H20F3N5O2. The zero-order chi connectivity index (χ0) is 22.8. The van der Waals surface area contributed by atoms with Gasteiger partial charge in [-0.2, -0.15) is 13.2 Å². The van der Waals surface area contributed by atoms with Crippen molar-refractivity contribution >= 4 is 23.2 Å². The van der Waals surface area contributed by atoms with Crippen LogP contribution in [0.1, 0.15) is 32.9 Å². The fourth-order valence-corrected chi connectivity index (χ4v) is 3.07. The highest BCUT2D eigenvalue weighted by atomic mass is 19.4. The molecule has 1 heterocycles. The van der Waals surface area contributed by atoms with Crippen molar-refractivity contribution in [3.8, 4) is 0 Å². The third kappa shape index (κ3) is 4.90. The van der Waals surface area contributed by atoms with Crippen molar-refractivity contribution in [2.45, 2.75) is 33.5 Å². The summed E-state index contributed by atoms with van der Waals surface area (Å²) in [6.45, 7) is 4.86. The van der Waals surface area contributed by atoms with Crippen molar-refractivity contribution in [3.63, 3.8) is 0 Å². The summed E-state index contributed by atoms with van der Waals surface area (Å²) >= 11 is 0. The lowest BCUT2D eigenvalue weighted by Gasteiger charge is -2.13. The summed E-state index contributed by atoms with van der Waals surface area (Å²) in [6.07, 6.45) is -4.61. The van der Waals surface area contributed by atoms with Crippen LogP contribution in [0.15, 0.2) is 42.5 Å². The number of nitrogens with one attached hydrogen (secondary N) is 2. The zero-order valence-electron chi connectivity index (χ0n) is 17.0. The molecule has 0 radical (unpaired) electrons. The summed E-state index contributed by atoms with van der Waals surface area (Å²) in [6, 6.07) is 10.3. The second-order valence-corrected chi connectivity index (χ2v) is 6.99. The Morgan fingerprint density at radius 1 is 0.968 bits per heavy atom. The van der Waals surface area contributed by atoms with Gasteiger partial charge >= 0.3 is 6.18 Å². The van der Waals surface area contributed by atoms with Crippen LogP contribution in [0.2, 0.25) is 0 Å². The molecule has 0 spiro atoms.